The van der Waals surface area contributed by atoms with E-state index in [1.807, 2.05) is 24.3 Å². The van der Waals surface area contributed by atoms with Crippen molar-refractivity contribution in [2.45, 2.75) is 13.2 Å². The summed E-state index contributed by atoms with van der Waals surface area (Å²) >= 11 is 0. The van der Waals surface area contributed by atoms with Gasteiger partial charge in [0.15, 0.2) is 0 Å². The highest BCUT2D eigenvalue weighted by atomic mass is 16.5. The molecule has 0 amide bonds. The molecule has 2 aromatic rings. The van der Waals surface area contributed by atoms with Crippen LogP contribution in [0.25, 0.3) is 0 Å². The first kappa shape index (κ1) is 16.2. The number of benzene rings is 2. The Balaban J connectivity index is 1.58. The zero-order chi connectivity index (χ0) is 17.1. The molecule has 0 aromatic heterocycles. The van der Waals surface area contributed by atoms with Gasteiger partial charge in [-0.15, -0.1) is 0 Å². The molecule has 1 fully saturated rings. The van der Waals surface area contributed by atoms with E-state index in [1.165, 1.54) is 11.0 Å². The van der Waals surface area contributed by atoms with Gasteiger partial charge in [-0.3, -0.25) is 4.90 Å². The van der Waals surface area contributed by atoms with E-state index < -0.39 is 0 Å². The lowest BCUT2D eigenvalue weighted by Gasteiger charge is -2.27. The fraction of sp³-hybridized carbons (Fsp3) is 0.316. The Morgan fingerprint density at radius 2 is 2.04 bits per heavy atom. The minimum absolute atomic E-state index is 0.639. The number of fused-ring (bicyclic) bond motifs is 1. The van der Waals surface area contributed by atoms with E-state index in [4.69, 9.17) is 14.1 Å². The fourth-order valence-electron chi connectivity index (χ4n) is 3.21. The van der Waals surface area contributed by atoms with E-state index >= 15 is 0 Å². The van der Waals surface area contributed by atoms with Gasteiger partial charge in [0.2, 0.25) is 0 Å². The van der Waals surface area contributed by atoms with Gasteiger partial charge >= 0.3 is 7.48 Å². The van der Waals surface area contributed by atoms with Crippen molar-refractivity contribution in [3.63, 3.8) is 0 Å². The van der Waals surface area contributed by atoms with Crippen LogP contribution in [0, 0.1) is 11.3 Å². The Hall–Kier alpha value is -2.33. The second-order valence-corrected chi connectivity index (χ2v) is 6.35. The van der Waals surface area contributed by atoms with E-state index in [9.17, 15) is 5.26 Å². The van der Waals surface area contributed by atoms with Crippen molar-refractivity contribution >= 4 is 12.9 Å². The van der Waals surface area contributed by atoms with Gasteiger partial charge < -0.3 is 14.1 Å². The number of morpholine rings is 1. The molecule has 2 aromatic carbocycles. The zero-order valence-electron chi connectivity index (χ0n) is 14.0. The molecule has 0 aliphatic carbocycles. The average molecular weight is 334 g/mol. The van der Waals surface area contributed by atoms with Crippen LogP contribution in [0.1, 0.15) is 16.7 Å². The summed E-state index contributed by atoms with van der Waals surface area (Å²) in [7, 11) is 0.675. The molecule has 2 heterocycles. The first-order chi connectivity index (χ1) is 12.3. The molecular weight excluding hydrogens is 315 g/mol. The zero-order valence-corrected chi connectivity index (χ0v) is 14.0. The van der Waals surface area contributed by atoms with Crippen molar-refractivity contribution in [2.75, 3.05) is 26.3 Å². The molecule has 0 radical (unpaired) electrons. The van der Waals surface area contributed by atoms with Crippen LogP contribution in [0.5, 0.6) is 11.5 Å². The molecule has 4 rings (SSSR count). The van der Waals surface area contributed by atoms with Gasteiger partial charge in [0.25, 0.3) is 0 Å². The third-order valence-corrected chi connectivity index (χ3v) is 4.61. The number of hydrogen-bond acceptors (Lipinski definition) is 5. The van der Waals surface area contributed by atoms with Crippen LogP contribution in [0.4, 0.5) is 0 Å². The molecule has 0 saturated carbocycles. The number of hydrogen-bond donors (Lipinski definition) is 0. The predicted octanol–water partition coefficient (Wildman–Crippen LogP) is 1.69. The fourth-order valence-corrected chi connectivity index (χ4v) is 3.21. The van der Waals surface area contributed by atoms with Gasteiger partial charge in [0.1, 0.15) is 11.5 Å². The Morgan fingerprint density at radius 3 is 2.88 bits per heavy atom. The summed E-state index contributed by atoms with van der Waals surface area (Å²) in [5.74, 6) is 1.60. The van der Waals surface area contributed by atoms with Crippen molar-refractivity contribution < 1.29 is 14.1 Å². The van der Waals surface area contributed by atoms with Crippen molar-refractivity contribution in [1.82, 2.24) is 4.90 Å². The maximum Gasteiger partial charge on any atom is 0.309 e. The maximum absolute atomic E-state index is 9.22. The first-order valence-electron chi connectivity index (χ1n) is 8.52. The van der Waals surface area contributed by atoms with Crippen LogP contribution in [0.2, 0.25) is 0 Å². The monoisotopic (exact) mass is 334 g/mol. The quantitative estimate of drug-likeness (QED) is 0.797. The molecule has 126 valence electrons. The summed E-state index contributed by atoms with van der Waals surface area (Å²) in [5.41, 5.74) is 4.08. The summed E-state index contributed by atoms with van der Waals surface area (Å²) in [6, 6.07) is 13.9. The smallest absolute Gasteiger partial charge is 0.309 e. The summed E-state index contributed by atoms with van der Waals surface area (Å²) in [6.07, 6.45) is 0. The summed E-state index contributed by atoms with van der Waals surface area (Å²) in [5, 5.41) is 9.22. The van der Waals surface area contributed by atoms with Crippen molar-refractivity contribution in [3.8, 4) is 17.6 Å². The van der Waals surface area contributed by atoms with Crippen molar-refractivity contribution in [1.29, 1.82) is 5.26 Å². The molecule has 0 N–H and O–H groups in total. The predicted molar refractivity (Wildman–Crippen MR) is 95.3 cm³/mol. The van der Waals surface area contributed by atoms with Crippen molar-refractivity contribution in [2.24, 2.45) is 0 Å². The van der Waals surface area contributed by atoms with Crippen molar-refractivity contribution in [3.05, 3.63) is 53.1 Å². The standard InChI is InChI=1S/C19H19BN2O3/c21-11-14-1-4-19(15(9-14)12-22-5-7-23-8-6-22)25-17-2-3-18-16(10-17)13-24-20-18/h1-4,9-10,20H,5-8,12-13H2. The van der Waals surface area contributed by atoms with Gasteiger partial charge in [-0.25, -0.2) is 0 Å². The third kappa shape index (κ3) is 3.69. The second kappa shape index (κ2) is 7.28. The van der Waals surface area contributed by atoms with Crippen LogP contribution in [0.3, 0.4) is 0 Å². The van der Waals surface area contributed by atoms with E-state index in [-0.39, 0.29) is 0 Å². The molecule has 2 aliphatic rings. The van der Waals surface area contributed by atoms with Gasteiger partial charge in [0, 0.05) is 25.2 Å². The lowest BCUT2D eigenvalue weighted by molar-refractivity contribution is 0.0339. The van der Waals surface area contributed by atoms with E-state index in [1.54, 1.807) is 6.07 Å². The molecule has 2 aliphatic heterocycles. The molecule has 0 atom stereocenters. The molecule has 0 bridgehead atoms. The molecule has 6 heteroatoms. The Labute approximate surface area is 148 Å². The largest absolute Gasteiger partial charge is 0.457 e. The van der Waals surface area contributed by atoms with Crippen LogP contribution >= 0.6 is 0 Å². The lowest BCUT2D eigenvalue weighted by atomic mass is 9.87. The normalized spacial score (nSPS) is 16.8. The van der Waals surface area contributed by atoms with Crippen LogP contribution in [-0.2, 0) is 22.5 Å². The second-order valence-electron chi connectivity index (χ2n) is 6.35. The topological polar surface area (TPSA) is 54.7 Å². The molecular formula is C19H19BN2O3. The summed E-state index contributed by atoms with van der Waals surface area (Å²) in [6.45, 7) is 4.68. The molecule has 0 spiro atoms. The number of nitrogens with zero attached hydrogens (tertiary/aromatic N) is 2. The number of nitriles is 1. The van der Waals surface area contributed by atoms with E-state index in [0.717, 1.165) is 49.9 Å². The SMILES string of the molecule is N#Cc1ccc(Oc2ccc3c(c2)COB3)c(CN2CCOCC2)c1. The highest BCUT2D eigenvalue weighted by Gasteiger charge is 2.17. The third-order valence-electron chi connectivity index (χ3n) is 4.61. The lowest BCUT2D eigenvalue weighted by Crippen LogP contribution is -2.35. The highest BCUT2D eigenvalue weighted by Crippen LogP contribution is 2.28. The van der Waals surface area contributed by atoms with E-state index in [0.29, 0.717) is 19.7 Å². The van der Waals surface area contributed by atoms with Gasteiger partial charge in [-0.1, -0.05) is 6.07 Å². The Bertz CT molecular complexity index is 813. The van der Waals surface area contributed by atoms with E-state index in [2.05, 4.69) is 17.0 Å². The molecule has 1 saturated heterocycles. The minimum atomic E-state index is 0.639. The number of ether oxygens (including phenoxy) is 2. The molecule has 25 heavy (non-hydrogen) atoms. The molecule has 0 unspecified atom stereocenters. The van der Waals surface area contributed by atoms with Crippen LogP contribution in [0.15, 0.2) is 36.4 Å². The average Bonchev–Trinajstić information content (AvgIpc) is 3.12. The van der Waals surface area contributed by atoms with Gasteiger partial charge in [-0.2, -0.15) is 5.26 Å². The van der Waals surface area contributed by atoms with Crippen LogP contribution in [-0.4, -0.2) is 38.7 Å². The molecule has 5 nitrogen and oxygen atoms in total. The first-order valence-corrected chi connectivity index (χ1v) is 8.52. The van der Waals surface area contributed by atoms with Gasteiger partial charge in [-0.05, 0) is 41.4 Å². The summed E-state index contributed by atoms with van der Waals surface area (Å²) in [4.78, 5) is 2.32. The Morgan fingerprint density at radius 1 is 1.16 bits per heavy atom. The van der Waals surface area contributed by atoms with Gasteiger partial charge in [0.05, 0.1) is 31.5 Å². The maximum atomic E-state index is 9.22. The number of rotatable bonds is 4. The Kier molecular flexibility index (Phi) is 4.71. The minimum Gasteiger partial charge on any atom is -0.457 e. The highest BCUT2D eigenvalue weighted by molar-refractivity contribution is 6.48. The summed E-state index contributed by atoms with van der Waals surface area (Å²) < 4.78 is 17.0. The van der Waals surface area contributed by atoms with Crippen LogP contribution < -0.4 is 10.2 Å².